The van der Waals surface area contributed by atoms with Crippen LogP contribution in [0.1, 0.15) is 39.0 Å². The van der Waals surface area contributed by atoms with E-state index >= 15 is 0 Å². The van der Waals surface area contributed by atoms with Gasteiger partial charge in [-0.15, -0.1) is 0 Å². The summed E-state index contributed by atoms with van der Waals surface area (Å²) in [6.07, 6.45) is -3.43. The molecule has 0 aromatic rings. The summed E-state index contributed by atoms with van der Waals surface area (Å²) in [5, 5.41) is 0. The molecule has 0 bridgehead atoms. The lowest BCUT2D eigenvalue weighted by Gasteiger charge is -2.37. The molecule has 3 atom stereocenters. The maximum Gasteiger partial charge on any atom is 0.459 e. The fourth-order valence-electron chi connectivity index (χ4n) is 2.99. The number of halogens is 7. The first-order valence-electron chi connectivity index (χ1n) is 6.95. The van der Waals surface area contributed by atoms with E-state index < -0.39 is 35.8 Å². The summed E-state index contributed by atoms with van der Waals surface area (Å²) in [5.74, 6) is -15.0. The van der Waals surface area contributed by atoms with Crippen LogP contribution in [0.5, 0.6) is 0 Å². The SMILES string of the molecule is [CH2]CC1C[CH]C(CCCC)C1C(F)(F)C(F)(F)C(F)(F)F. The molecule has 0 saturated heterocycles. The summed E-state index contributed by atoms with van der Waals surface area (Å²) in [6, 6.07) is 0. The zero-order valence-corrected chi connectivity index (χ0v) is 11.7. The standard InChI is InChI=1S/C14H19F7/c1-3-5-6-10-8-7-9(4-2)11(10)12(15,16)13(17,18)14(19,20)21/h8-11H,2-7H2,1H3. The zero-order chi connectivity index (χ0) is 16.5. The molecule has 1 fully saturated rings. The van der Waals surface area contributed by atoms with Crippen molar-refractivity contribution in [3.05, 3.63) is 13.3 Å². The Morgan fingerprint density at radius 3 is 2.10 bits per heavy atom. The first-order chi connectivity index (χ1) is 9.50. The van der Waals surface area contributed by atoms with E-state index in [9.17, 15) is 30.7 Å². The largest absolute Gasteiger partial charge is 0.459 e. The van der Waals surface area contributed by atoms with E-state index in [0.29, 0.717) is 12.8 Å². The predicted molar refractivity (Wildman–Crippen MR) is 64.8 cm³/mol. The Morgan fingerprint density at radius 1 is 1.10 bits per heavy atom. The molecule has 1 rings (SSSR count). The minimum Gasteiger partial charge on any atom is -0.199 e. The fourth-order valence-corrected chi connectivity index (χ4v) is 2.99. The Labute approximate surface area is 120 Å². The highest BCUT2D eigenvalue weighted by atomic mass is 19.4. The van der Waals surface area contributed by atoms with Crippen LogP contribution in [0.3, 0.4) is 0 Å². The number of alkyl halides is 7. The van der Waals surface area contributed by atoms with E-state index in [2.05, 4.69) is 6.92 Å². The smallest absolute Gasteiger partial charge is 0.199 e. The second-order valence-corrected chi connectivity index (χ2v) is 5.55. The molecule has 124 valence electrons. The average molecular weight is 320 g/mol. The third-order valence-corrected chi connectivity index (χ3v) is 4.17. The van der Waals surface area contributed by atoms with E-state index in [-0.39, 0.29) is 19.3 Å². The third kappa shape index (κ3) is 3.31. The summed E-state index contributed by atoms with van der Waals surface area (Å²) in [4.78, 5) is 0. The van der Waals surface area contributed by atoms with E-state index in [1.807, 2.05) is 0 Å². The van der Waals surface area contributed by atoms with E-state index in [4.69, 9.17) is 0 Å². The quantitative estimate of drug-likeness (QED) is 0.551. The van der Waals surface area contributed by atoms with Crippen molar-refractivity contribution in [2.75, 3.05) is 0 Å². The number of unbranched alkanes of at least 4 members (excludes halogenated alkanes) is 1. The van der Waals surface area contributed by atoms with Gasteiger partial charge in [0.25, 0.3) is 0 Å². The van der Waals surface area contributed by atoms with Crippen molar-refractivity contribution < 1.29 is 30.7 Å². The monoisotopic (exact) mass is 320 g/mol. The molecule has 0 spiro atoms. The second kappa shape index (κ2) is 6.32. The van der Waals surface area contributed by atoms with Crippen molar-refractivity contribution in [2.45, 2.75) is 57.0 Å². The normalized spacial score (nSPS) is 28.1. The minimum absolute atomic E-state index is 0.0900. The van der Waals surface area contributed by atoms with E-state index in [0.717, 1.165) is 0 Å². The Kier molecular flexibility index (Phi) is 5.59. The zero-order valence-electron chi connectivity index (χ0n) is 11.7. The van der Waals surface area contributed by atoms with Gasteiger partial charge in [0.1, 0.15) is 0 Å². The van der Waals surface area contributed by atoms with Crippen molar-refractivity contribution in [1.82, 2.24) is 0 Å². The summed E-state index contributed by atoms with van der Waals surface area (Å²) in [7, 11) is 0. The molecule has 0 heterocycles. The maximum atomic E-state index is 14.0. The van der Waals surface area contributed by atoms with Crippen LogP contribution in [0.25, 0.3) is 0 Å². The molecule has 21 heavy (non-hydrogen) atoms. The van der Waals surface area contributed by atoms with Gasteiger partial charge < -0.3 is 0 Å². The average Bonchev–Trinajstić information content (AvgIpc) is 2.78. The van der Waals surface area contributed by atoms with Crippen LogP contribution in [-0.2, 0) is 0 Å². The van der Waals surface area contributed by atoms with Gasteiger partial charge in [0.2, 0.25) is 0 Å². The molecule has 1 aliphatic carbocycles. The molecule has 0 N–H and O–H groups in total. The van der Waals surface area contributed by atoms with Crippen LogP contribution in [-0.4, -0.2) is 18.0 Å². The molecular formula is C14H19F7. The van der Waals surface area contributed by atoms with Crippen LogP contribution in [0.2, 0.25) is 0 Å². The van der Waals surface area contributed by atoms with Gasteiger partial charge in [-0.2, -0.15) is 30.7 Å². The highest BCUT2D eigenvalue weighted by Crippen LogP contribution is 2.57. The number of hydrogen-bond acceptors (Lipinski definition) is 0. The third-order valence-electron chi connectivity index (χ3n) is 4.17. The summed E-state index contributed by atoms with van der Waals surface area (Å²) >= 11 is 0. The molecule has 0 nitrogen and oxygen atoms in total. The highest BCUT2D eigenvalue weighted by Gasteiger charge is 2.76. The molecule has 2 radical (unpaired) electrons. The molecule has 0 amide bonds. The first-order valence-corrected chi connectivity index (χ1v) is 6.95. The molecule has 3 unspecified atom stereocenters. The van der Waals surface area contributed by atoms with E-state index in [1.54, 1.807) is 6.92 Å². The summed E-state index contributed by atoms with van der Waals surface area (Å²) in [5.41, 5.74) is 0. The lowest BCUT2D eigenvalue weighted by atomic mass is 9.78. The van der Waals surface area contributed by atoms with Gasteiger partial charge in [-0.05, 0) is 37.5 Å². The molecular weight excluding hydrogens is 301 g/mol. The predicted octanol–water partition coefficient (Wildman–Crippen LogP) is 5.69. The van der Waals surface area contributed by atoms with Gasteiger partial charge in [0, 0.05) is 5.92 Å². The van der Waals surface area contributed by atoms with Gasteiger partial charge >= 0.3 is 18.0 Å². The Bertz CT molecular complexity index is 335. The van der Waals surface area contributed by atoms with E-state index in [1.165, 1.54) is 6.42 Å². The molecule has 1 saturated carbocycles. The van der Waals surface area contributed by atoms with Crippen LogP contribution in [0.15, 0.2) is 0 Å². The van der Waals surface area contributed by atoms with Crippen LogP contribution >= 0.6 is 0 Å². The van der Waals surface area contributed by atoms with Crippen molar-refractivity contribution in [2.24, 2.45) is 17.8 Å². The van der Waals surface area contributed by atoms with Gasteiger partial charge in [-0.1, -0.05) is 26.7 Å². The number of rotatable bonds is 6. The Hall–Kier alpha value is -0.490. The maximum absolute atomic E-state index is 14.0. The van der Waals surface area contributed by atoms with Gasteiger partial charge in [0.05, 0.1) is 0 Å². The van der Waals surface area contributed by atoms with Gasteiger partial charge in [-0.3, -0.25) is 0 Å². The van der Waals surface area contributed by atoms with Crippen LogP contribution in [0.4, 0.5) is 30.7 Å². The number of hydrogen-bond donors (Lipinski definition) is 0. The van der Waals surface area contributed by atoms with Crippen LogP contribution < -0.4 is 0 Å². The van der Waals surface area contributed by atoms with Crippen molar-refractivity contribution in [3.8, 4) is 0 Å². The Morgan fingerprint density at radius 2 is 1.67 bits per heavy atom. The Balaban J connectivity index is 3.10. The van der Waals surface area contributed by atoms with Gasteiger partial charge in [0.15, 0.2) is 0 Å². The summed E-state index contributed by atoms with van der Waals surface area (Å²) in [6.45, 7) is 5.21. The lowest BCUT2D eigenvalue weighted by Crippen LogP contribution is -2.57. The van der Waals surface area contributed by atoms with Crippen LogP contribution in [0, 0.1) is 31.1 Å². The van der Waals surface area contributed by atoms with Crippen molar-refractivity contribution in [3.63, 3.8) is 0 Å². The minimum atomic E-state index is -6.26. The van der Waals surface area contributed by atoms with Gasteiger partial charge in [-0.25, -0.2) is 0 Å². The lowest BCUT2D eigenvalue weighted by molar-refractivity contribution is -0.370. The molecule has 0 aromatic carbocycles. The first kappa shape index (κ1) is 18.6. The van der Waals surface area contributed by atoms with Crippen molar-refractivity contribution >= 4 is 0 Å². The molecule has 0 aliphatic heterocycles. The second-order valence-electron chi connectivity index (χ2n) is 5.55. The topological polar surface area (TPSA) is 0 Å². The highest BCUT2D eigenvalue weighted by molar-refractivity contribution is 5.07. The molecule has 7 heteroatoms. The fraction of sp³-hybridized carbons (Fsp3) is 0.857. The van der Waals surface area contributed by atoms with Crippen molar-refractivity contribution in [1.29, 1.82) is 0 Å². The summed E-state index contributed by atoms with van der Waals surface area (Å²) < 4.78 is 91.5. The molecule has 0 aromatic heterocycles. The molecule has 1 aliphatic rings.